The van der Waals surface area contributed by atoms with Crippen LogP contribution < -0.4 is 0 Å². The highest BCUT2D eigenvalue weighted by Gasteiger charge is 2.29. The summed E-state index contributed by atoms with van der Waals surface area (Å²) in [5.74, 6) is 0. The molecule has 1 aliphatic rings. The van der Waals surface area contributed by atoms with Crippen molar-refractivity contribution in [1.29, 1.82) is 0 Å². The summed E-state index contributed by atoms with van der Waals surface area (Å²) in [5, 5.41) is 17.7. The van der Waals surface area contributed by atoms with Gasteiger partial charge in [-0.05, 0) is 57.9 Å². The number of likely N-dealkylation sites (N-methyl/N-ethyl adjacent to an activating group) is 1. The van der Waals surface area contributed by atoms with E-state index >= 15 is 0 Å². The second-order valence-electron chi connectivity index (χ2n) is 7.10. The van der Waals surface area contributed by atoms with E-state index in [1.165, 1.54) is 16.7 Å². The van der Waals surface area contributed by atoms with Gasteiger partial charge in [0.05, 0.1) is 11.6 Å². The predicted molar refractivity (Wildman–Crippen MR) is 111 cm³/mol. The summed E-state index contributed by atoms with van der Waals surface area (Å²) in [6.45, 7) is 4.12. The second-order valence-corrected chi connectivity index (χ2v) is 8.66. The Hall–Kier alpha value is -2.06. The molecule has 0 aliphatic carbocycles. The van der Waals surface area contributed by atoms with E-state index in [9.17, 15) is 0 Å². The van der Waals surface area contributed by atoms with Crippen LogP contribution in [0.2, 0.25) is 0 Å². The Balaban J connectivity index is 1.43. The minimum atomic E-state index is 0.266. The molecule has 1 aliphatic heterocycles. The smallest absolute Gasteiger partial charge is 0.109 e. The van der Waals surface area contributed by atoms with E-state index in [1.807, 2.05) is 4.52 Å². The van der Waals surface area contributed by atoms with Crippen LogP contribution in [0.1, 0.15) is 17.3 Å². The fourth-order valence-electron chi connectivity index (χ4n) is 3.76. The quantitative estimate of drug-likeness (QED) is 0.523. The van der Waals surface area contributed by atoms with Gasteiger partial charge in [-0.25, -0.2) is 4.52 Å². The SMILES string of the molecule is CN1CCN(Cc2ccsc2)C[C@H]1c1nnn2cc(-c3ccsc3)ccc12. The fraction of sp³-hybridized carbons (Fsp3) is 0.300. The average Bonchev–Trinajstić information content (AvgIpc) is 3.44. The van der Waals surface area contributed by atoms with Crippen LogP contribution in [0.15, 0.2) is 52.0 Å². The number of fused-ring (bicyclic) bond motifs is 1. The van der Waals surface area contributed by atoms with Gasteiger partial charge in [-0.15, -0.1) is 5.10 Å². The molecular formula is C20H21N5S2. The highest BCUT2D eigenvalue weighted by Crippen LogP contribution is 2.29. The molecule has 0 spiro atoms. The predicted octanol–water partition coefficient (Wildman–Crippen LogP) is 4.01. The molecule has 27 heavy (non-hydrogen) atoms. The first kappa shape index (κ1) is 17.1. The van der Waals surface area contributed by atoms with Gasteiger partial charge in [-0.3, -0.25) is 9.80 Å². The van der Waals surface area contributed by atoms with Gasteiger partial charge in [-0.1, -0.05) is 11.3 Å². The molecule has 5 rings (SSSR count). The molecule has 4 aromatic heterocycles. The third-order valence-electron chi connectivity index (χ3n) is 5.33. The van der Waals surface area contributed by atoms with Crippen molar-refractivity contribution in [3.8, 4) is 11.1 Å². The molecule has 0 bridgehead atoms. The van der Waals surface area contributed by atoms with Crippen LogP contribution in [0.25, 0.3) is 16.6 Å². The summed E-state index contributed by atoms with van der Waals surface area (Å²) in [6.07, 6.45) is 2.08. The van der Waals surface area contributed by atoms with Crippen molar-refractivity contribution in [3.05, 3.63) is 63.2 Å². The van der Waals surface area contributed by atoms with Crippen molar-refractivity contribution in [2.75, 3.05) is 26.7 Å². The monoisotopic (exact) mass is 395 g/mol. The maximum atomic E-state index is 4.57. The van der Waals surface area contributed by atoms with E-state index < -0.39 is 0 Å². The van der Waals surface area contributed by atoms with E-state index in [-0.39, 0.29) is 6.04 Å². The summed E-state index contributed by atoms with van der Waals surface area (Å²) in [6, 6.07) is 8.96. The van der Waals surface area contributed by atoms with Gasteiger partial charge < -0.3 is 0 Å². The molecule has 138 valence electrons. The minimum absolute atomic E-state index is 0.266. The lowest BCUT2D eigenvalue weighted by atomic mass is 10.1. The summed E-state index contributed by atoms with van der Waals surface area (Å²) in [4.78, 5) is 4.93. The second kappa shape index (κ2) is 7.16. The lowest BCUT2D eigenvalue weighted by Crippen LogP contribution is -2.46. The van der Waals surface area contributed by atoms with Crippen LogP contribution >= 0.6 is 22.7 Å². The number of nitrogens with zero attached hydrogens (tertiary/aromatic N) is 5. The Bertz CT molecular complexity index is 1020. The number of hydrogen-bond donors (Lipinski definition) is 0. The molecule has 0 radical (unpaired) electrons. The van der Waals surface area contributed by atoms with Gasteiger partial charge in [0.1, 0.15) is 5.69 Å². The van der Waals surface area contributed by atoms with Gasteiger partial charge in [0.15, 0.2) is 0 Å². The van der Waals surface area contributed by atoms with Crippen molar-refractivity contribution in [1.82, 2.24) is 24.6 Å². The topological polar surface area (TPSA) is 36.7 Å². The zero-order valence-electron chi connectivity index (χ0n) is 15.2. The standard InChI is InChI=1S/C20H21N5S2/c1-23-6-7-24(10-15-4-8-26-13-15)12-19(23)20-18-3-2-16(11-25(18)22-21-20)17-5-9-27-14-17/h2-5,8-9,11,13-14,19H,6-7,10,12H2,1H3/t19-/m0/s1. The maximum Gasteiger partial charge on any atom is 0.109 e. The summed E-state index contributed by atoms with van der Waals surface area (Å²) >= 11 is 3.48. The summed E-state index contributed by atoms with van der Waals surface area (Å²) in [5.41, 5.74) is 5.98. The molecule has 0 amide bonds. The number of hydrogen-bond acceptors (Lipinski definition) is 6. The van der Waals surface area contributed by atoms with Crippen LogP contribution in [0, 0.1) is 0 Å². The largest absolute Gasteiger partial charge is 0.296 e. The van der Waals surface area contributed by atoms with E-state index in [4.69, 9.17) is 0 Å². The molecule has 4 aromatic rings. The van der Waals surface area contributed by atoms with E-state index in [0.717, 1.165) is 37.4 Å². The van der Waals surface area contributed by atoms with Crippen molar-refractivity contribution < 1.29 is 0 Å². The lowest BCUT2D eigenvalue weighted by molar-refractivity contribution is 0.0890. The van der Waals surface area contributed by atoms with Crippen LogP contribution in [0.4, 0.5) is 0 Å². The van der Waals surface area contributed by atoms with Gasteiger partial charge in [0.2, 0.25) is 0 Å². The molecule has 1 fully saturated rings. The molecule has 0 N–H and O–H groups in total. The normalized spacial score (nSPS) is 19.1. The van der Waals surface area contributed by atoms with Crippen LogP contribution in [0.5, 0.6) is 0 Å². The minimum Gasteiger partial charge on any atom is -0.296 e. The van der Waals surface area contributed by atoms with E-state index in [1.54, 1.807) is 22.7 Å². The van der Waals surface area contributed by atoms with Crippen LogP contribution in [0.3, 0.4) is 0 Å². The Morgan fingerprint density at radius 1 is 1.04 bits per heavy atom. The first-order chi connectivity index (χ1) is 13.3. The van der Waals surface area contributed by atoms with Crippen LogP contribution in [-0.2, 0) is 6.54 Å². The fourth-order valence-corrected chi connectivity index (χ4v) is 5.09. The first-order valence-electron chi connectivity index (χ1n) is 9.09. The molecule has 5 heterocycles. The van der Waals surface area contributed by atoms with Gasteiger partial charge in [0, 0.05) is 37.9 Å². The third-order valence-corrected chi connectivity index (χ3v) is 6.74. The number of aromatic nitrogens is 3. The van der Waals surface area contributed by atoms with Crippen molar-refractivity contribution in [2.24, 2.45) is 0 Å². The number of pyridine rings is 1. The lowest BCUT2D eigenvalue weighted by Gasteiger charge is -2.38. The molecule has 0 unspecified atom stereocenters. The van der Waals surface area contributed by atoms with Gasteiger partial charge in [-0.2, -0.15) is 22.7 Å². The molecule has 0 aromatic carbocycles. The number of piperazine rings is 1. The maximum absolute atomic E-state index is 4.57. The summed E-state index contributed by atoms with van der Waals surface area (Å²) in [7, 11) is 2.19. The Kier molecular flexibility index (Phi) is 4.53. The number of thiophene rings is 2. The Labute approximate surface area is 166 Å². The molecule has 0 saturated carbocycles. The van der Waals surface area contributed by atoms with Crippen molar-refractivity contribution in [3.63, 3.8) is 0 Å². The zero-order chi connectivity index (χ0) is 18.2. The molecule has 5 nitrogen and oxygen atoms in total. The molecular weight excluding hydrogens is 374 g/mol. The molecule has 7 heteroatoms. The van der Waals surface area contributed by atoms with Gasteiger partial charge >= 0.3 is 0 Å². The zero-order valence-corrected chi connectivity index (χ0v) is 16.8. The number of rotatable bonds is 4. The highest BCUT2D eigenvalue weighted by molar-refractivity contribution is 7.08. The molecule has 1 saturated heterocycles. The average molecular weight is 396 g/mol. The van der Waals surface area contributed by atoms with Crippen LogP contribution in [-0.4, -0.2) is 51.3 Å². The Morgan fingerprint density at radius 2 is 1.93 bits per heavy atom. The van der Waals surface area contributed by atoms with Gasteiger partial charge in [0.25, 0.3) is 0 Å². The van der Waals surface area contributed by atoms with Crippen molar-refractivity contribution >= 4 is 28.2 Å². The van der Waals surface area contributed by atoms with E-state index in [2.05, 4.69) is 79.1 Å². The van der Waals surface area contributed by atoms with Crippen molar-refractivity contribution in [2.45, 2.75) is 12.6 Å². The third kappa shape index (κ3) is 3.32. The van der Waals surface area contributed by atoms with E-state index in [0.29, 0.717) is 0 Å². The molecule has 1 atom stereocenters. The first-order valence-corrected chi connectivity index (χ1v) is 11.0. The summed E-state index contributed by atoms with van der Waals surface area (Å²) < 4.78 is 1.92. The Morgan fingerprint density at radius 3 is 2.74 bits per heavy atom. The highest BCUT2D eigenvalue weighted by atomic mass is 32.1.